The van der Waals surface area contributed by atoms with Crippen molar-refractivity contribution in [2.75, 3.05) is 0 Å². The molecule has 0 aliphatic heterocycles. The van der Waals surface area contributed by atoms with Gasteiger partial charge >= 0.3 is 6.09 Å². The first-order chi connectivity index (χ1) is 9.15. The van der Waals surface area contributed by atoms with Crippen LogP contribution in [0.2, 0.25) is 0 Å². The predicted molar refractivity (Wildman–Crippen MR) is 73.1 cm³/mol. The second-order valence-electron chi connectivity index (χ2n) is 6.50. The Morgan fingerprint density at radius 1 is 1.35 bits per heavy atom. The Balaban J connectivity index is 2.01. The first-order valence-corrected chi connectivity index (χ1v) is 6.83. The molecule has 2 fully saturated rings. The molecule has 0 aromatic carbocycles. The molecule has 0 aromatic heterocycles. The summed E-state index contributed by atoms with van der Waals surface area (Å²) < 4.78 is 5.17. The minimum absolute atomic E-state index is 0.0120. The molecular weight excluding hydrogens is 260 g/mol. The molecule has 7 heteroatoms. The molecule has 0 aromatic rings. The first-order valence-electron chi connectivity index (χ1n) is 6.83. The van der Waals surface area contributed by atoms with Crippen LogP contribution in [0.5, 0.6) is 0 Å². The molecule has 0 saturated heterocycles. The van der Waals surface area contributed by atoms with Crippen LogP contribution < -0.4 is 11.1 Å². The molecule has 2 rings (SSSR count). The summed E-state index contributed by atoms with van der Waals surface area (Å²) in [5, 5.41) is 10.2. The predicted octanol–water partition coefficient (Wildman–Crippen LogP) is 0.928. The van der Waals surface area contributed by atoms with Crippen LogP contribution in [-0.4, -0.2) is 40.0 Å². The van der Waals surface area contributed by atoms with E-state index >= 15 is 0 Å². The Kier molecular flexibility index (Phi) is 3.39. The van der Waals surface area contributed by atoms with E-state index in [0.29, 0.717) is 12.8 Å². The summed E-state index contributed by atoms with van der Waals surface area (Å²) in [5.74, 6) is -0.548. The zero-order chi connectivity index (χ0) is 15.1. The maximum atomic E-state index is 12.5. The van der Waals surface area contributed by atoms with Gasteiger partial charge < -0.3 is 15.8 Å². The smallest absolute Gasteiger partial charge is 0.408 e. The summed E-state index contributed by atoms with van der Waals surface area (Å²) in [6.07, 6.45) is 2.22. The van der Waals surface area contributed by atoms with Crippen molar-refractivity contribution in [2.45, 2.75) is 63.6 Å². The molecule has 20 heavy (non-hydrogen) atoms. The molecule has 2 aliphatic carbocycles. The van der Waals surface area contributed by atoms with Crippen molar-refractivity contribution in [1.82, 2.24) is 10.2 Å². The van der Waals surface area contributed by atoms with Crippen LogP contribution in [-0.2, 0) is 9.53 Å². The van der Waals surface area contributed by atoms with Crippen LogP contribution in [0, 0.1) is 5.41 Å². The number of carbonyl (C=O) groups is 2. The fourth-order valence-corrected chi connectivity index (χ4v) is 2.05. The summed E-state index contributed by atoms with van der Waals surface area (Å²) in [6.45, 7) is 5.29. The van der Waals surface area contributed by atoms with Crippen molar-refractivity contribution in [3.8, 4) is 0 Å². The van der Waals surface area contributed by atoms with E-state index in [9.17, 15) is 9.59 Å². The Morgan fingerprint density at radius 2 is 1.90 bits per heavy atom. The maximum Gasteiger partial charge on any atom is 0.408 e. The normalized spacial score (nSPS) is 19.9. The number of nitrogens with one attached hydrogen (secondary N) is 2. The first kappa shape index (κ1) is 14.6. The Labute approximate surface area is 118 Å². The summed E-state index contributed by atoms with van der Waals surface area (Å²) in [7, 11) is 0. The molecule has 0 spiro atoms. The number of ether oxygens (including phenoxy) is 1. The number of nitrogens with zero attached hydrogens (tertiary/aromatic N) is 1. The number of carbonyl (C=O) groups excluding carboxylic acids is 2. The standard InChI is InChI=1S/C13H22N4O3/c1-12(2,3)20-11(19)16-13(6-7-13)9(18)17(10(14)15)8-4-5-8/h8H,4-7H2,1-3H3,(H3,14,15)(H,16,19). The van der Waals surface area contributed by atoms with Gasteiger partial charge in [-0.1, -0.05) is 0 Å². The summed E-state index contributed by atoms with van der Waals surface area (Å²) in [5.41, 5.74) is 3.93. The molecule has 112 valence electrons. The van der Waals surface area contributed by atoms with Crippen molar-refractivity contribution in [3.05, 3.63) is 0 Å². The monoisotopic (exact) mass is 282 g/mol. The van der Waals surface area contributed by atoms with Gasteiger partial charge in [-0.3, -0.25) is 15.1 Å². The molecule has 0 atom stereocenters. The molecule has 4 N–H and O–H groups in total. The van der Waals surface area contributed by atoms with E-state index in [-0.39, 0.29) is 17.9 Å². The van der Waals surface area contributed by atoms with Gasteiger partial charge in [0.05, 0.1) is 0 Å². The van der Waals surface area contributed by atoms with Crippen LogP contribution in [0.4, 0.5) is 4.79 Å². The third-order valence-corrected chi connectivity index (χ3v) is 3.29. The average molecular weight is 282 g/mol. The molecule has 0 unspecified atom stereocenters. The van der Waals surface area contributed by atoms with Gasteiger partial charge in [0.15, 0.2) is 5.96 Å². The third-order valence-electron chi connectivity index (χ3n) is 3.29. The van der Waals surface area contributed by atoms with Crippen molar-refractivity contribution >= 4 is 18.0 Å². The number of amides is 2. The lowest BCUT2D eigenvalue weighted by Gasteiger charge is -2.27. The summed E-state index contributed by atoms with van der Waals surface area (Å²) in [4.78, 5) is 25.6. The van der Waals surface area contributed by atoms with Gasteiger partial charge in [0.1, 0.15) is 11.1 Å². The number of hydrogen-bond acceptors (Lipinski definition) is 4. The van der Waals surface area contributed by atoms with Crippen LogP contribution in [0.15, 0.2) is 0 Å². The second kappa shape index (κ2) is 4.64. The number of hydrogen-bond donors (Lipinski definition) is 3. The molecular formula is C13H22N4O3. The van der Waals surface area contributed by atoms with E-state index in [1.807, 2.05) is 0 Å². The van der Waals surface area contributed by atoms with Crippen molar-refractivity contribution in [3.63, 3.8) is 0 Å². The molecule has 0 radical (unpaired) electrons. The van der Waals surface area contributed by atoms with Gasteiger partial charge in [-0.15, -0.1) is 0 Å². The molecule has 2 amide bonds. The molecule has 2 saturated carbocycles. The zero-order valence-electron chi connectivity index (χ0n) is 12.2. The van der Waals surface area contributed by atoms with Crippen molar-refractivity contribution in [2.24, 2.45) is 5.73 Å². The van der Waals surface area contributed by atoms with Gasteiger partial charge in [0.2, 0.25) is 0 Å². The van der Waals surface area contributed by atoms with Gasteiger partial charge in [-0.25, -0.2) is 4.79 Å². The molecule has 2 aliphatic rings. The maximum absolute atomic E-state index is 12.5. The quantitative estimate of drug-likeness (QED) is 0.528. The molecule has 0 bridgehead atoms. The van der Waals surface area contributed by atoms with E-state index in [0.717, 1.165) is 12.8 Å². The minimum atomic E-state index is -0.934. The van der Waals surface area contributed by atoms with Crippen LogP contribution >= 0.6 is 0 Å². The summed E-state index contributed by atoms with van der Waals surface area (Å²) in [6, 6.07) is 0.0120. The van der Waals surface area contributed by atoms with Gasteiger partial charge in [0, 0.05) is 6.04 Å². The Hall–Kier alpha value is -1.79. The van der Waals surface area contributed by atoms with Crippen molar-refractivity contribution < 1.29 is 14.3 Å². The highest BCUT2D eigenvalue weighted by atomic mass is 16.6. The summed E-state index contributed by atoms with van der Waals surface area (Å²) >= 11 is 0. The SMILES string of the molecule is CC(C)(C)OC(=O)NC1(C(=O)N(C(=N)N)C2CC2)CC1. The fourth-order valence-electron chi connectivity index (χ4n) is 2.05. The van der Waals surface area contributed by atoms with E-state index in [1.54, 1.807) is 20.8 Å². The van der Waals surface area contributed by atoms with Gasteiger partial charge in [0.25, 0.3) is 5.91 Å². The van der Waals surface area contributed by atoms with Crippen LogP contribution in [0.25, 0.3) is 0 Å². The van der Waals surface area contributed by atoms with Crippen LogP contribution in [0.1, 0.15) is 46.5 Å². The second-order valence-corrected chi connectivity index (χ2v) is 6.50. The number of nitrogens with two attached hydrogens (primary N) is 1. The van der Waals surface area contributed by atoms with E-state index in [1.165, 1.54) is 4.90 Å². The topological polar surface area (TPSA) is 109 Å². The largest absolute Gasteiger partial charge is 0.444 e. The highest BCUT2D eigenvalue weighted by molar-refractivity contribution is 6.03. The lowest BCUT2D eigenvalue weighted by atomic mass is 10.2. The minimum Gasteiger partial charge on any atom is -0.444 e. The van der Waals surface area contributed by atoms with E-state index in [4.69, 9.17) is 15.9 Å². The Bertz CT molecular complexity index is 447. The van der Waals surface area contributed by atoms with Crippen LogP contribution in [0.3, 0.4) is 0 Å². The molecule has 7 nitrogen and oxygen atoms in total. The third kappa shape index (κ3) is 3.20. The van der Waals surface area contributed by atoms with Gasteiger partial charge in [-0.05, 0) is 46.5 Å². The number of alkyl carbamates (subject to hydrolysis) is 1. The highest BCUT2D eigenvalue weighted by Gasteiger charge is 2.56. The fraction of sp³-hybridized carbons (Fsp3) is 0.769. The highest BCUT2D eigenvalue weighted by Crippen LogP contribution is 2.40. The molecule has 0 heterocycles. The average Bonchev–Trinajstić information content (AvgIpc) is 3.08. The lowest BCUT2D eigenvalue weighted by Crippen LogP contribution is -2.55. The van der Waals surface area contributed by atoms with E-state index in [2.05, 4.69) is 5.32 Å². The Morgan fingerprint density at radius 3 is 2.25 bits per heavy atom. The lowest BCUT2D eigenvalue weighted by molar-refractivity contribution is -0.131. The van der Waals surface area contributed by atoms with E-state index < -0.39 is 17.2 Å². The zero-order valence-corrected chi connectivity index (χ0v) is 12.2. The van der Waals surface area contributed by atoms with Crippen molar-refractivity contribution in [1.29, 1.82) is 5.41 Å². The van der Waals surface area contributed by atoms with Gasteiger partial charge in [-0.2, -0.15) is 0 Å². The number of rotatable bonds is 3. The number of guanidine groups is 1.